The van der Waals surface area contributed by atoms with Gasteiger partial charge in [-0.3, -0.25) is 4.79 Å². The summed E-state index contributed by atoms with van der Waals surface area (Å²) in [6.45, 7) is 5.43. The molecule has 0 radical (unpaired) electrons. The lowest BCUT2D eigenvalue weighted by molar-refractivity contribution is 0.0919. The minimum Gasteiger partial charge on any atom is -0.493 e. The first-order valence-electron chi connectivity index (χ1n) is 10.2. The van der Waals surface area contributed by atoms with Crippen LogP contribution in [0.1, 0.15) is 35.7 Å². The molecule has 2 aromatic carbocycles. The van der Waals surface area contributed by atoms with Crippen LogP contribution < -0.4 is 24.3 Å². The summed E-state index contributed by atoms with van der Waals surface area (Å²) >= 11 is 0. The maximum Gasteiger partial charge on any atom is 0.287 e. The Hall–Kier alpha value is -3.61. The molecule has 0 saturated heterocycles. The SMILES string of the molecule is CCOc1ccc(CNC(=O)c2ccc(COc3ccccc3OC)o2)cc1OCC. The molecule has 1 aromatic heterocycles. The molecule has 0 aliphatic carbocycles. The second-order valence-electron chi connectivity index (χ2n) is 6.54. The van der Waals surface area contributed by atoms with Crippen molar-refractivity contribution in [3.8, 4) is 23.0 Å². The van der Waals surface area contributed by atoms with Crippen molar-refractivity contribution >= 4 is 5.91 Å². The molecule has 1 N–H and O–H groups in total. The molecule has 0 aliphatic heterocycles. The fourth-order valence-corrected chi connectivity index (χ4v) is 2.94. The van der Waals surface area contributed by atoms with E-state index in [-0.39, 0.29) is 18.3 Å². The van der Waals surface area contributed by atoms with Crippen LogP contribution in [0.2, 0.25) is 0 Å². The number of carbonyl (C=O) groups is 1. The predicted molar refractivity (Wildman–Crippen MR) is 116 cm³/mol. The maximum atomic E-state index is 12.5. The number of methoxy groups -OCH3 is 1. The molecule has 0 atom stereocenters. The van der Waals surface area contributed by atoms with Crippen molar-refractivity contribution in [2.75, 3.05) is 20.3 Å². The summed E-state index contributed by atoms with van der Waals surface area (Å²) in [5.41, 5.74) is 0.895. The number of para-hydroxylation sites is 2. The summed E-state index contributed by atoms with van der Waals surface area (Å²) in [6.07, 6.45) is 0. The first-order chi connectivity index (χ1) is 15.1. The second kappa shape index (κ2) is 11.0. The number of hydrogen-bond acceptors (Lipinski definition) is 6. The van der Waals surface area contributed by atoms with Gasteiger partial charge in [-0.1, -0.05) is 18.2 Å². The fraction of sp³-hybridized carbons (Fsp3) is 0.292. The van der Waals surface area contributed by atoms with Crippen LogP contribution in [0, 0.1) is 0 Å². The van der Waals surface area contributed by atoms with Gasteiger partial charge in [-0.05, 0) is 55.8 Å². The van der Waals surface area contributed by atoms with Gasteiger partial charge in [0.05, 0.1) is 20.3 Å². The number of nitrogens with one attached hydrogen (secondary N) is 1. The molecule has 3 rings (SSSR count). The Morgan fingerprint density at radius 3 is 2.32 bits per heavy atom. The van der Waals surface area contributed by atoms with Crippen molar-refractivity contribution in [2.24, 2.45) is 0 Å². The summed E-state index contributed by atoms with van der Waals surface area (Å²) in [4.78, 5) is 12.5. The van der Waals surface area contributed by atoms with E-state index in [1.807, 2.05) is 56.3 Å². The molecule has 0 unspecified atom stereocenters. The van der Waals surface area contributed by atoms with Crippen molar-refractivity contribution in [3.05, 3.63) is 71.7 Å². The number of amides is 1. The van der Waals surface area contributed by atoms with E-state index in [1.54, 1.807) is 19.2 Å². The van der Waals surface area contributed by atoms with E-state index >= 15 is 0 Å². The Morgan fingerprint density at radius 2 is 1.58 bits per heavy atom. The van der Waals surface area contributed by atoms with Crippen LogP contribution in [-0.4, -0.2) is 26.2 Å². The number of ether oxygens (including phenoxy) is 4. The van der Waals surface area contributed by atoms with Crippen LogP contribution in [0.15, 0.2) is 59.0 Å². The highest BCUT2D eigenvalue weighted by atomic mass is 16.5. The van der Waals surface area contributed by atoms with Gasteiger partial charge in [-0.15, -0.1) is 0 Å². The Morgan fingerprint density at radius 1 is 0.871 bits per heavy atom. The molecule has 7 heteroatoms. The number of rotatable bonds is 11. The van der Waals surface area contributed by atoms with Crippen molar-refractivity contribution in [1.82, 2.24) is 5.32 Å². The summed E-state index contributed by atoms with van der Waals surface area (Å²) in [5, 5.41) is 2.85. The number of carbonyl (C=O) groups excluding carboxylic acids is 1. The standard InChI is InChI=1S/C24H27NO6/c1-4-28-21-12-10-17(14-23(21)29-5-2)15-25-24(26)22-13-11-18(31-22)16-30-20-9-7-6-8-19(20)27-3/h6-14H,4-5,15-16H2,1-3H3,(H,25,26). The smallest absolute Gasteiger partial charge is 0.287 e. The monoisotopic (exact) mass is 425 g/mol. The van der Waals surface area contributed by atoms with E-state index in [2.05, 4.69) is 5.32 Å². The lowest BCUT2D eigenvalue weighted by Crippen LogP contribution is -2.22. The van der Waals surface area contributed by atoms with Crippen LogP contribution in [0.5, 0.6) is 23.0 Å². The van der Waals surface area contributed by atoms with Crippen molar-refractivity contribution in [1.29, 1.82) is 0 Å². The Bertz CT molecular complexity index is 997. The third kappa shape index (κ3) is 5.94. The van der Waals surface area contributed by atoms with Crippen molar-refractivity contribution < 1.29 is 28.2 Å². The largest absolute Gasteiger partial charge is 0.493 e. The van der Waals surface area contributed by atoms with Gasteiger partial charge < -0.3 is 28.7 Å². The second-order valence-corrected chi connectivity index (χ2v) is 6.54. The van der Waals surface area contributed by atoms with Gasteiger partial charge in [-0.25, -0.2) is 0 Å². The molecule has 1 heterocycles. The van der Waals surface area contributed by atoms with Crippen LogP contribution >= 0.6 is 0 Å². The lowest BCUT2D eigenvalue weighted by atomic mass is 10.2. The van der Waals surface area contributed by atoms with Crippen LogP contribution in [0.4, 0.5) is 0 Å². The van der Waals surface area contributed by atoms with Gasteiger partial charge >= 0.3 is 0 Å². The van der Waals surface area contributed by atoms with E-state index in [9.17, 15) is 4.79 Å². The summed E-state index contributed by atoms with van der Waals surface area (Å²) in [5.74, 6) is 3.03. The van der Waals surface area contributed by atoms with Crippen LogP contribution in [0.3, 0.4) is 0 Å². The Labute approximate surface area is 181 Å². The maximum absolute atomic E-state index is 12.5. The predicted octanol–water partition coefficient (Wildman–Crippen LogP) is 4.59. The highest BCUT2D eigenvalue weighted by Gasteiger charge is 2.13. The first kappa shape index (κ1) is 22.1. The van der Waals surface area contributed by atoms with Gasteiger partial charge in [0.1, 0.15) is 12.4 Å². The zero-order valence-electron chi connectivity index (χ0n) is 18.0. The zero-order chi connectivity index (χ0) is 22.1. The number of furan rings is 1. The Kier molecular flexibility index (Phi) is 7.81. The topological polar surface area (TPSA) is 79.2 Å². The normalized spacial score (nSPS) is 10.4. The molecular weight excluding hydrogens is 398 g/mol. The Balaban J connectivity index is 1.57. The molecule has 1 amide bonds. The number of hydrogen-bond donors (Lipinski definition) is 1. The van der Waals surface area contributed by atoms with Gasteiger partial charge in [0.2, 0.25) is 0 Å². The van der Waals surface area contributed by atoms with Crippen LogP contribution in [-0.2, 0) is 13.2 Å². The minimum atomic E-state index is -0.310. The van der Waals surface area contributed by atoms with Gasteiger partial charge in [0, 0.05) is 6.54 Å². The summed E-state index contributed by atoms with van der Waals surface area (Å²) in [6, 6.07) is 16.3. The van der Waals surface area contributed by atoms with Crippen LogP contribution in [0.25, 0.3) is 0 Å². The molecule has 31 heavy (non-hydrogen) atoms. The molecular formula is C24H27NO6. The highest BCUT2D eigenvalue weighted by molar-refractivity contribution is 5.91. The average Bonchev–Trinajstić information content (AvgIpc) is 3.27. The van der Waals surface area contributed by atoms with Gasteiger partial charge in [0.25, 0.3) is 5.91 Å². The van der Waals surface area contributed by atoms with E-state index in [1.165, 1.54) is 0 Å². The van der Waals surface area contributed by atoms with Crippen molar-refractivity contribution in [3.63, 3.8) is 0 Å². The first-order valence-corrected chi connectivity index (χ1v) is 10.2. The quantitative estimate of drug-likeness (QED) is 0.484. The molecule has 0 aliphatic rings. The number of benzene rings is 2. The highest BCUT2D eigenvalue weighted by Crippen LogP contribution is 2.29. The fourth-order valence-electron chi connectivity index (χ4n) is 2.94. The van der Waals surface area contributed by atoms with E-state index < -0.39 is 0 Å². The summed E-state index contributed by atoms with van der Waals surface area (Å²) in [7, 11) is 1.58. The molecule has 3 aromatic rings. The van der Waals surface area contributed by atoms with E-state index in [0.717, 1.165) is 5.56 Å². The van der Waals surface area contributed by atoms with Crippen molar-refractivity contribution in [2.45, 2.75) is 27.0 Å². The summed E-state index contributed by atoms with van der Waals surface area (Å²) < 4.78 is 27.8. The molecule has 0 saturated carbocycles. The molecule has 7 nitrogen and oxygen atoms in total. The average molecular weight is 425 g/mol. The third-order valence-corrected chi connectivity index (χ3v) is 4.39. The molecule has 0 fully saturated rings. The van der Waals surface area contributed by atoms with Gasteiger partial charge in [0.15, 0.2) is 28.8 Å². The third-order valence-electron chi connectivity index (χ3n) is 4.39. The zero-order valence-corrected chi connectivity index (χ0v) is 18.0. The van der Waals surface area contributed by atoms with Gasteiger partial charge in [-0.2, -0.15) is 0 Å². The minimum absolute atomic E-state index is 0.185. The molecule has 0 spiro atoms. The molecule has 0 bridgehead atoms. The molecule has 164 valence electrons. The van der Waals surface area contributed by atoms with E-state index in [0.29, 0.717) is 48.5 Å². The van der Waals surface area contributed by atoms with E-state index in [4.69, 9.17) is 23.4 Å². The lowest BCUT2D eigenvalue weighted by Gasteiger charge is -2.12.